The van der Waals surface area contributed by atoms with Gasteiger partial charge in [-0.3, -0.25) is 0 Å². The molecule has 1 aliphatic carbocycles. The summed E-state index contributed by atoms with van der Waals surface area (Å²) in [4.78, 5) is 9.14. The van der Waals surface area contributed by atoms with E-state index in [0.29, 0.717) is 17.6 Å². The molecule has 0 atom stereocenters. The number of benzene rings is 1. The van der Waals surface area contributed by atoms with Crippen LogP contribution in [0.15, 0.2) is 41.6 Å². The molecule has 0 amide bonds. The van der Waals surface area contributed by atoms with Crippen LogP contribution in [-0.2, 0) is 16.4 Å². The highest BCUT2D eigenvalue weighted by atomic mass is 32.2. The van der Waals surface area contributed by atoms with Gasteiger partial charge in [-0.25, -0.2) is 18.1 Å². The van der Waals surface area contributed by atoms with Crippen LogP contribution in [0.4, 0.5) is 11.6 Å². The largest absolute Gasteiger partial charge is 0.395 e. The Morgan fingerprint density at radius 2 is 1.86 bits per heavy atom. The van der Waals surface area contributed by atoms with Crippen LogP contribution in [0.1, 0.15) is 32.1 Å². The summed E-state index contributed by atoms with van der Waals surface area (Å²) in [6.45, 7) is 0.474. The topological polar surface area (TPSA) is 110 Å². The van der Waals surface area contributed by atoms with Gasteiger partial charge < -0.3 is 10.4 Å². The van der Waals surface area contributed by atoms with Gasteiger partial charge in [-0.05, 0) is 43.0 Å². The number of anilines is 2. The van der Waals surface area contributed by atoms with Gasteiger partial charge >= 0.3 is 0 Å². The van der Waals surface area contributed by atoms with Crippen LogP contribution in [0.5, 0.6) is 0 Å². The van der Waals surface area contributed by atoms with E-state index in [1.165, 1.54) is 44.2 Å². The Morgan fingerprint density at radius 3 is 2.59 bits per heavy atom. The fraction of sp³-hybridized carbons (Fsp3) is 0.450. The Balaban J connectivity index is 1.51. The first kappa shape index (κ1) is 19.8. The molecule has 3 aromatic rings. The van der Waals surface area contributed by atoms with E-state index in [4.69, 9.17) is 5.11 Å². The van der Waals surface area contributed by atoms with Gasteiger partial charge in [0, 0.05) is 18.4 Å². The summed E-state index contributed by atoms with van der Waals surface area (Å²) in [5, 5.41) is 17.4. The van der Waals surface area contributed by atoms with Gasteiger partial charge in [-0.15, -0.1) is 0 Å². The first-order valence-corrected chi connectivity index (χ1v) is 11.6. The first-order valence-electron chi connectivity index (χ1n) is 9.94. The number of nitrogens with one attached hydrogen (secondary N) is 1. The van der Waals surface area contributed by atoms with E-state index in [1.807, 2.05) is 4.68 Å². The number of nitrogens with zero attached hydrogens (tertiary/aromatic N) is 4. The summed E-state index contributed by atoms with van der Waals surface area (Å²) in [7, 11) is -3.46. The maximum atomic E-state index is 12.0. The molecule has 1 aliphatic rings. The van der Waals surface area contributed by atoms with Crippen molar-refractivity contribution >= 4 is 32.5 Å². The molecule has 29 heavy (non-hydrogen) atoms. The fourth-order valence-electron chi connectivity index (χ4n) is 3.79. The summed E-state index contributed by atoms with van der Waals surface area (Å²) >= 11 is 0. The Morgan fingerprint density at radius 1 is 1.10 bits per heavy atom. The minimum absolute atomic E-state index is 0.180. The maximum Gasteiger partial charge on any atom is 0.229 e. The Labute approximate surface area is 169 Å². The van der Waals surface area contributed by atoms with Gasteiger partial charge in [-0.1, -0.05) is 19.3 Å². The van der Waals surface area contributed by atoms with E-state index in [-0.39, 0.29) is 10.6 Å². The summed E-state index contributed by atoms with van der Waals surface area (Å²) in [5.41, 5.74) is 1.49. The van der Waals surface area contributed by atoms with Crippen molar-refractivity contribution in [2.24, 2.45) is 5.92 Å². The van der Waals surface area contributed by atoms with Crippen molar-refractivity contribution in [1.29, 1.82) is 0 Å². The summed E-state index contributed by atoms with van der Waals surface area (Å²) in [5.74, 6) is 0.797. The third kappa shape index (κ3) is 4.56. The lowest BCUT2D eigenvalue weighted by atomic mass is 9.89. The van der Waals surface area contributed by atoms with Gasteiger partial charge in [0.1, 0.15) is 0 Å². The predicted octanol–water partition coefficient (Wildman–Crippen LogP) is 2.92. The van der Waals surface area contributed by atoms with Crippen molar-refractivity contribution in [1.82, 2.24) is 19.7 Å². The van der Waals surface area contributed by atoms with Crippen molar-refractivity contribution in [2.45, 2.75) is 43.5 Å². The van der Waals surface area contributed by atoms with Crippen molar-refractivity contribution < 1.29 is 13.5 Å². The molecule has 0 unspecified atom stereocenters. The summed E-state index contributed by atoms with van der Waals surface area (Å²) < 4.78 is 26.0. The molecule has 1 fully saturated rings. The quantitative estimate of drug-likeness (QED) is 0.610. The minimum Gasteiger partial charge on any atom is -0.395 e. The van der Waals surface area contributed by atoms with Gasteiger partial charge in [0.05, 0.1) is 28.8 Å². The summed E-state index contributed by atoms with van der Waals surface area (Å²) in [6.07, 6.45) is 9.92. The van der Waals surface area contributed by atoms with Crippen molar-refractivity contribution in [3.8, 4) is 0 Å². The first-order chi connectivity index (χ1) is 14.0. The highest BCUT2D eigenvalue weighted by Crippen LogP contribution is 2.26. The molecule has 2 heterocycles. The third-order valence-corrected chi connectivity index (χ3v) is 7.07. The van der Waals surface area contributed by atoms with Crippen LogP contribution in [0.25, 0.3) is 11.0 Å². The lowest BCUT2D eigenvalue weighted by Crippen LogP contribution is -2.15. The van der Waals surface area contributed by atoms with Gasteiger partial charge in [-0.2, -0.15) is 10.1 Å². The number of aliphatic hydroxyl groups is 1. The molecule has 9 heteroatoms. The second-order valence-corrected chi connectivity index (χ2v) is 9.60. The van der Waals surface area contributed by atoms with Crippen LogP contribution < -0.4 is 5.32 Å². The second-order valence-electron chi connectivity index (χ2n) is 7.50. The zero-order valence-electron chi connectivity index (χ0n) is 16.2. The molecule has 0 radical (unpaired) electrons. The number of hydrogen-bond donors (Lipinski definition) is 2. The van der Waals surface area contributed by atoms with Gasteiger partial charge in [0.15, 0.2) is 15.5 Å². The SMILES string of the molecule is O=S(=O)(CCO)c1ccc(Nc2ncc3cnn(CC4CCCCC4)c3n2)cc1. The van der Waals surface area contributed by atoms with Gasteiger partial charge in [0.25, 0.3) is 0 Å². The molecule has 4 rings (SSSR count). The number of aromatic nitrogens is 4. The zero-order valence-corrected chi connectivity index (χ0v) is 17.0. The highest BCUT2D eigenvalue weighted by molar-refractivity contribution is 7.91. The molecule has 0 bridgehead atoms. The Kier molecular flexibility index (Phi) is 5.77. The average Bonchev–Trinajstić information content (AvgIpc) is 3.11. The molecule has 0 aliphatic heterocycles. The summed E-state index contributed by atoms with van der Waals surface area (Å²) in [6, 6.07) is 6.35. The lowest BCUT2D eigenvalue weighted by molar-refractivity contribution is 0.311. The van der Waals surface area contributed by atoms with Crippen molar-refractivity contribution in [3.63, 3.8) is 0 Å². The molecular formula is C20H25N5O3S. The number of fused-ring (bicyclic) bond motifs is 1. The van der Waals surface area contributed by atoms with Crippen LogP contribution in [0, 0.1) is 5.92 Å². The van der Waals surface area contributed by atoms with E-state index in [9.17, 15) is 8.42 Å². The van der Waals surface area contributed by atoms with E-state index in [0.717, 1.165) is 17.6 Å². The van der Waals surface area contributed by atoms with E-state index in [1.54, 1.807) is 24.5 Å². The molecule has 154 valence electrons. The van der Waals surface area contributed by atoms with Crippen LogP contribution in [-0.4, -0.2) is 45.6 Å². The van der Waals surface area contributed by atoms with Crippen LogP contribution in [0.3, 0.4) is 0 Å². The number of aliphatic hydroxyl groups excluding tert-OH is 1. The highest BCUT2D eigenvalue weighted by Gasteiger charge is 2.17. The smallest absolute Gasteiger partial charge is 0.229 e. The van der Waals surface area contributed by atoms with E-state index >= 15 is 0 Å². The van der Waals surface area contributed by atoms with Gasteiger partial charge in [0.2, 0.25) is 5.95 Å². The minimum atomic E-state index is -3.46. The Bertz CT molecular complexity index is 1070. The molecule has 1 saturated carbocycles. The second kappa shape index (κ2) is 8.46. The lowest BCUT2D eigenvalue weighted by Gasteiger charge is -2.21. The Hall–Kier alpha value is -2.52. The van der Waals surface area contributed by atoms with Crippen molar-refractivity contribution in [2.75, 3.05) is 17.7 Å². The van der Waals surface area contributed by atoms with Crippen molar-refractivity contribution in [3.05, 3.63) is 36.7 Å². The molecule has 2 N–H and O–H groups in total. The van der Waals surface area contributed by atoms with E-state index < -0.39 is 16.4 Å². The fourth-order valence-corrected chi connectivity index (χ4v) is 4.81. The van der Waals surface area contributed by atoms with Crippen LogP contribution in [0.2, 0.25) is 0 Å². The standard InChI is InChI=1S/C20H25N5O3S/c26-10-11-29(27,28)18-8-6-17(7-9-18)23-20-21-12-16-13-22-25(19(16)24-20)14-15-4-2-1-3-5-15/h6-9,12-13,15,26H,1-5,10-11,14H2,(H,21,23,24). The molecule has 2 aromatic heterocycles. The van der Waals surface area contributed by atoms with E-state index in [2.05, 4.69) is 20.4 Å². The maximum absolute atomic E-state index is 12.0. The number of rotatable bonds is 7. The molecular weight excluding hydrogens is 390 g/mol. The normalized spacial score (nSPS) is 15.6. The third-order valence-electron chi connectivity index (χ3n) is 5.36. The van der Waals surface area contributed by atoms with Crippen LogP contribution >= 0.6 is 0 Å². The monoisotopic (exact) mass is 415 g/mol. The zero-order chi connectivity index (χ0) is 20.3. The molecule has 0 spiro atoms. The predicted molar refractivity (Wildman–Crippen MR) is 111 cm³/mol. The molecule has 0 saturated heterocycles. The molecule has 1 aromatic carbocycles. The number of hydrogen-bond acceptors (Lipinski definition) is 7. The number of sulfone groups is 1. The molecule has 8 nitrogen and oxygen atoms in total. The average molecular weight is 416 g/mol.